The number of hydrogen-bond donors (Lipinski definition) is 1. The van der Waals surface area contributed by atoms with Crippen LogP contribution < -0.4 is 5.32 Å². The van der Waals surface area contributed by atoms with Crippen LogP contribution >= 0.6 is 0 Å². The van der Waals surface area contributed by atoms with Gasteiger partial charge in [-0.2, -0.15) is 0 Å². The van der Waals surface area contributed by atoms with Gasteiger partial charge in [0.15, 0.2) is 6.10 Å². The molecule has 1 amide bonds. The number of rotatable bonds is 5. The van der Waals surface area contributed by atoms with Gasteiger partial charge >= 0.3 is 5.97 Å². The smallest absolute Gasteiger partial charge is 0.339 e. The van der Waals surface area contributed by atoms with Crippen molar-refractivity contribution in [3.05, 3.63) is 65.0 Å². The molecule has 4 rings (SSSR count). The largest absolute Gasteiger partial charge is 0.449 e. The van der Waals surface area contributed by atoms with E-state index in [4.69, 9.17) is 9.72 Å². The van der Waals surface area contributed by atoms with Gasteiger partial charge in [0.25, 0.3) is 5.91 Å². The number of fused-ring (bicyclic) bond motifs is 2. The molecule has 7 heteroatoms. The molecule has 1 aliphatic rings. The molecule has 1 unspecified atom stereocenters. The van der Waals surface area contributed by atoms with Crippen LogP contribution in [0.2, 0.25) is 0 Å². The fourth-order valence-corrected chi connectivity index (χ4v) is 3.85. The molecule has 3 aromatic rings. The SMILES string of the molecule is CCN1CCc2nc3ccccc3c(C(=O)OC(C)C(=O)Nc3cc(C)ccn3)c2C1. The van der Waals surface area contributed by atoms with E-state index in [1.165, 1.54) is 0 Å². The number of esters is 1. The number of nitrogens with one attached hydrogen (secondary N) is 1. The maximum Gasteiger partial charge on any atom is 0.339 e. The minimum Gasteiger partial charge on any atom is -0.449 e. The first-order chi connectivity index (χ1) is 15.0. The zero-order valence-corrected chi connectivity index (χ0v) is 18.0. The molecule has 0 radical (unpaired) electrons. The van der Waals surface area contributed by atoms with Crippen LogP contribution in [0.5, 0.6) is 0 Å². The van der Waals surface area contributed by atoms with Crippen molar-refractivity contribution in [3.63, 3.8) is 0 Å². The van der Waals surface area contributed by atoms with Crippen molar-refractivity contribution in [2.45, 2.75) is 39.8 Å². The number of ether oxygens (including phenoxy) is 1. The number of amides is 1. The van der Waals surface area contributed by atoms with Gasteiger partial charge in [0.2, 0.25) is 0 Å². The van der Waals surface area contributed by atoms with E-state index in [9.17, 15) is 9.59 Å². The molecule has 2 aromatic heterocycles. The third kappa shape index (κ3) is 4.41. The van der Waals surface area contributed by atoms with E-state index in [1.807, 2.05) is 37.3 Å². The van der Waals surface area contributed by atoms with Crippen molar-refractivity contribution in [2.24, 2.45) is 0 Å². The second kappa shape index (κ2) is 8.81. The Morgan fingerprint density at radius 3 is 2.84 bits per heavy atom. The average Bonchev–Trinajstić information content (AvgIpc) is 2.76. The molecule has 1 N–H and O–H groups in total. The summed E-state index contributed by atoms with van der Waals surface area (Å²) in [4.78, 5) is 37.1. The lowest BCUT2D eigenvalue weighted by molar-refractivity contribution is -0.123. The van der Waals surface area contributed by atoms with Crippen LogP contribution in [0.15, 0.2) is 42.6 Å². The Morgan fingerprint density at radius 1 is 1.26 bits per heavy atom. The average molecular weight is 418 g/mol. The summed E-state index contributed by atoms with van der Waals surface area (Å²) in [5.41, 5.74) is 4.07. The monoisotopic (exact) mass is 418 g/mol. The molecule has 0 fully saturated rings. The Labute approximate surface area is 181 Å². The molecule has 1 atom stereocenters. The second-order valence-corrected chi connectivity index (χ2v) is 7.80. The normalized spacial score (nSPS) is 14.7. The van der Waals surface area contributed by atoms with Crippen molar-refractivity contribution in [1.29, 1.82) is 0 Å². The van der Waals surface area contributed by atoms with Gasteiger partial charge in [-0.3, -0.25) is 14.7 Å². The first-order valence-electron chi connectivity index (χ1n) is 10.5. The minimum absolute atomic E-state index is 0.422. The maximum absolute atomic E-state index is 13.3. The summed E-state index contributed by atoms with van der Waals surface area (Å²) >= 11 is 0. The highest BCUT2D eigenvalue weighted by Gasteiger charge is 2.28. The van der Waals surface area contributed by atoms with Gasteiger partial charge in [-0.25, -0.2) is 9.78 Å². The number of carbonyl (C=O) groups excluding carboxylic acids is 2. The van der Waals surface area contributed by atoms with Crippen molar-refractivity contribution < 1.29 is 14.3 Å². The molecular formula is C24H26N4O3. The molecule has 0 saturated heterocycles. The van der Waals surface area contributed by atoms with E-state index in [0.717, 1.165) is 47.2 Å². The third-order valence-electron chi connectivity index (χ3n) is 5.60. The number of aryl methyl sites for hydroxylation is 1. The highest BCUT2D eigenvalue weighted by atomic mass is 16.5. The zero-order valence-electron chi connectivity index (χ0n) is 18.0. The predicted octanol–water partition coefficient (Wildman–Crippen LogP) is 3.50. The van der Waals surface area contributed by atoms with Gasteiger partial charge in [0.1, 0.15) is 5.82 Å². The van der Waals surface area contributed by atoms with E-state index in [1.54, 1.807) is 19.2 Å². The number of aromatic nitrogens is 2. The van der Waals surface area contributed by atoms with E-state index in [-0.39, 0.29) is 0 Å². The van der Waals surface area contributed by atoms with E-state index < -0.39 is 18.0 Å². The van der Waals surface area contributed by atoms with Crippen molar-refractivity contribution >= 4 is 28.6 Å². The maximum atomic E-state index is 13.3. The standard InChI is InChI=1S/C24H26N4O3/c1-4-28-12-10-20-18(14-28)22(17-7-5-6-8-19(17)26-20)24(30)31-16(3)23(29)27-21-13-15(2)9-11-25-21/h5-9,11,13,16H,4,10,12,14H2,1-3H3,(H,25,27,29). The number of likely N-dealkylation sites (N-methyl/N-ethyl adjacent to an activating group) is 1. The number of carbonyl (C=O) groups is 2. The molecule has 1 aliphatic heterocycles. The van der Waals surface area contributed by atoms with E-state index in [2.05, 4.69) is 22.1 Å². The Balaban J connectivity index is 1.61. The number of pyridine rings is 2. The quantitative estimate of drug-likeness (QED) is 0.639. The second-order valence-electron chi connectivity index (χ2n) is 7.80. The first kappa shape index (κ1) is 20.9. The summed E-state index contributed by atoms with van der Waals surface area (Å²) in [7, 11) is 0. The van der Waals surface area contributed by atoms with Gasteiger partial charge < -0.3 is 10.1 Å². The number of anilines is 1. The predicted molar refractivity (Wildman–Crippen MR) is 119 cm³/mol. The summed E-state index contributed by atoms with van der Waals surface area (Å²) in [5, 5.41) is 3.45. The number of para-hydroxylation sites is 1. The third-order valence-corrected chi connectivity index (χ3v) is 5.60. The topological polar surface area (TPSA) is 84.4 Å². The van der Waals surface area contributed by atoms with Gasteiger partial charge in [0, 0.05) is 42.4 Å². The van der Waals surface area contributed by atoms with Crippen LogP contribution in [0.25, 0.3) is 10.9 Å². The Bertz CT molecular complexity index is 1140. The molecule has 3 heterocycles. The number of nitrogens with zero attached hydrogens (tertiary/aromatic N) is 3. The van der Waals surface area contributed by atoms with Gasteiger partial charge in [0.05, 0.1) is 11.1 Å². The van der Waals surface area contributed by atoms with Crippen LogP contribution in [0.4, 0.5) is 5.82 Å². The van der Waals surface area contributed by atoms with E-state index in [0.29, 0.717) is 17.9 Å². The summed E-state index contributed by atoms with van der Waals surface area (Å²) in [5.74, 6) is -0.500. The van der Waals surface area contributed by atoms with E-state index >= 15 is 0 Å². The summed E-state index contributed by atoms with van der Waals surface area (Å²) in [6, 6.07) is 11.2. The molecule has 31 heavy (non-hydrogen) atoms. The molecule has 0 bridgehead atoms. The molecular weight excluding hydrogens is 392 g/mol. The van der Waals surface area contributed by atoms with Crippen LogP contribution in [0, 0.1) is 6.92 Å². The van der Waals surface area contributed by atoms with Crippen molar-refractivity contribution in [1.82, 2.24) is 14.9 Å². The molecule has 0 aliphatic carbocycles. The fourth-order valence-electron chi connectivity index (χ4n) is 3.85. The Hall–Kier alpha value is -3.32. The fraction of sp³-hybridized carbons (Fsp3) is 0.333. The molecule has 0 spiro atoms. The van der Waals surface area contributed by atoms with Crippen LogP contribution in [0.1, 0.15) is 41.0 Å². The first-order valence-corrected chi connectivity index (χ1v) is 10.5. The lowest BCUT2D eigenvalue weighted by Crippen LogP contribution is -2.34. The lowest BCUT2D eigenvalue weighted by atomic mass is 9.95. The summed E-state index contributed by atoms with van der Waals surface area (Å²) < 4.78 is 5.62. The molecule has 1 aromatic carbocycles. The van der Waals surface area contributed by atoms with Gasteiger partial charge in [-0.05, 0) is 44.2 Å². The van der Waals surface area contributed by atoms with Gasteiger partial charge in [-0.1, -0.05) is 25.1 Å². The highest BCUT2D eigenvalue weighted by Crippen LogP contribution is 2.29. The molecule has 7 nitrogen and oxygen atoms in total. The summed E-state index contributed by atoms with van der Waals surface area (Å²) in [6.07, 6.45) is 1.43. The van der Waals surface area contributed by atoms with Crippen LogP contribution in [-0.2, 0) is 22.5 Å². The van der Waals surface area contributed by atoms with Gasteiger partial charge in [-0.15, -0.1) is 0 Å². The van der Waals surface area contributed by atoms with Crippen molar-refractivity contribution in [2.75, 3.05) is 18.4 Å². The van der Waals surface area contributed by atoms with Crippen molar-refractivity contribution in [3.8, 4) is 0 Å². The molecule has 0 saturated carbocycles. The van der Waals surface area contributed by atoms with Crippen LogP contribution in [0.3, 0.4) is 0 Å². The Kier molecular flexibility index (Phi) is 5.95. The van der Waals surface area contributed by atoms with Crippen LogP contribution in [-0.4, -0.2) is 45.9 Å². The Morgan fingerprint density at radius 2 is 2.06 bits per heavy atom. The number of hydrogen-bond acceptors (Lipinski definition) is 6. The minimum atomic E-state index is -0.969. The highest BCUT2D eigenvalue weighted by molar-refractivity contribution is 6.06. The number of benzene rings is 1. The summed E-state index contributed by atoms with van der Waals surface area (Å²) in [6.45, 7) is 8.02. The zero-order chi connectivity index (χ0) is 22.0. The molecule has 160 valence electrons. The lowest BCUT2D eigenvalue weighted by Gasteiger charge is -2.29.